The van der Waals surface area contributed by atoms with Crippen molar-refractivity contribution in [2.24, 2.45) is 5.41 Å². The molecular formula is C18H18ClN5O5. The van der Waals surface area contributed by atoms with Crippen LogP contribution in [-0.2, 0) is 20.7 Å². The Balaban J connectivity index is 1.79. The van der Waals surface area contributed by atoms with Crippen molar-refractivity contribution in [3.63, 3.8) is 0 Å². The summed E-state index contributed by atoms with van der Waals surface area (Å²) in [4.78, 5) is 44.4. The van der Waals surface area contributed by atoms with Crippen molar-refractivity contribution >= 4 is 46.2 Å². The molecule has 4 amide bonds. The third-order valence-corrected chi connectivity index (χ3v) is 6.29. The Morgan fingerprint density at radius 2 is 1.90 bits per heavy atom. The van der Waals surface area contributed by atoms with Crippen molar-refractivity contribution in [3.05, 3.63) is 16.4 Å². The lowest BCUT2D eigenvalue weighted by atomic mass is 9.67. The SMILES string of the molecule is Cc1noc2c(Cl)c3c(nc12)CC1(C(=O)NC(=O)NC1=O)[C@@H]1[C@@H](C)O[C@@H](C)CN31. The van der Waals surface area contributed by atoms with Crippen LogP contribution in [0.3, 0.4) is 0 Å². The van der Waals surface area contributed by atoms with Gasteiger partial charge in [-0.2, -0.15) is 0 Å². The first-order valence-electron chi connectivity index (χ1n) is 9.27. The molecular weight excluding hydrogens is 402 g/mol. The molecule has 5 rings (SSSR count). The maximum Gasteiger partial charge on any atom is 0.328 e. The third kappa shape index (κ3) is 2.29. The van der Waals surface area contributed by atoms with Gasteiger partial charge in [0.15, 0.2) is 5.41 Å². The van der Waals surface area contributed by atoms with E-state index in [4.69, 9.17) is 20.9 Å². The third-order valence-electron chi connectivity index (χ3n) is 5.94. The molecule has 5 heterocycles. The van der Waals surface area contributed by atoms with Gasteiger partial charge in [-0.15, -0.1) is 0 Å². The summed E-state index contributed by atoms with van der Waals surface area (Å²) in [6, 6.07) is -1.52. The normalized spacial score (nSPS) is 28.2. The second kappa shape index (κ2) is 5.90. The number of amides is 4. The fraction of sp³-hybridized carbons (Fsp3) is 0.500. The van der Waals surface area contributed by atoms with E-state index in [1.165, 1.54) is 0 Å². The van der Waals surface area contributed by atoms with Crippen molar-refractivity contribution in [1.82, 2.24) is 20.8 Å². The van der Waals surface area contributed by atoms with Crippen LogP contribution in [0.5, 0.6) is 0 Å². The van der Waals surface area contributed by atoms with Gasteiger partial charge in [-0.1, -0.05) is 16.8 Å². The van der Waals surface area contributed by atoms with Gasteiger partial charge in [-0.25, -0.2) is 9.78 Å². The predicted molar refractivity (Wildman–Crippen MR) is 101 cm³/mol. The van der Waals surface area contributed by atoms with Gasteiger partial charge < -0.3 is 14.2 Å². The topological polar surface area (TPSA) is 127 Å². The lowest BCUT2D eigenvalue weighted by Crippen LogP contribution is -2.75. The van der Waals surface area contributed by atoms with Crippen LogP contribution in [0.15, 0.2) is 4.52 Å². The molecule has 152 valence electrons. The van der Waals surface area contributed by atoms with Gasteiger partial charge in [0.05, 0.1) is 29.6 Å². The number of aromatic nitrogens is 2. The van der Waals surface area contributed by atoms with Crippen LogP contribution in [0.1, 0.15) is 25.2 Å². The number of fused-ring (bicyclic) bond motifs is 5. The quantitative estimate of drug-likeness (QED) is 0.607. The molecule has 0 bridgehead atoms. The first kappa shape index (κ1) is 18.3. The van der Waals surface area contributed by atoms with E-state index in [2.05, 4.69) is 20.8 Å². The number of pyridine rings is 1. The Morgan fingerprint density at radius 1 is 1.21 bits per heavy atom. The van der Waals surface area contributed by atoms with Gasteiger partial charge in [-0.05, 0) is 20.8 Å². The minimum Gasteiger partial charge on any atom is -0.372 e. The molecule has 0 aliphatic carbocycles. The Kier molecular flexibility index (Phi) is 3.72. The maximum atomic E-state index is 13.1. The fourth-order valence-electron chi connectivity index (χ4n) is 4.86. The number of carbonyl (C=O) groups is 3. The number of imide groups is 2. The van der Waals surface area contributed by atoms with Crippen LogP contribution in [0, 0.1) is 12.3 Å². The van der Waals surface area contributed by atoms with Gasteiger partial charge in [-0.3, -0.25) is 20.2 Å². The molecule has 2 aromatic heterocycles. The summed E-state index contributed by atoms with van der Waals surface area (Å²) < 4.78 is 11.3. The number of ether oxygens (including phenoxy) is 1. The lowest BCUT2D eigenvalue weighted by Gasteiger charge is -2.55. The van der Waals surface area contributed by atoms with Crippen molar-refractivity contribution in [1.29, 1.82) is 0 Å². The molecule has 2 saturated heterocycles. The molecule has 0 unspecified atom stereocenters. The highest BCUT2D eigenvalue weighted by molar-refractivity contribution is 6.37. The first-order chi connectivity index (χ1) is 13.7. The molecule has 0 saturated carbocycles. The minimum absolute atomic E-state index is 0.0309. The Bertz CT molecular complexity index is 1080. The number of morpholine rings is 1. The highest BCUT2D eigenvalue weighted by atomic mass is 35.5. The minimum atomic E-state index is -1.59. The van der Waals surface area contributed by atoms with Crippen molar-refractivity contribution in [3.8, 4) is 0 Å². The van der Waals surface area contributed by atoms with E-state index >= 15 is 0 Å². The predicted octanol–water partition coefficient (Wildman–Crippen LogP) is 1.08. The van der Waals surface area contributed by atoms with Crippen LogP contribution in [0.4, 0.5) is 10.5 Å². The maximum absolute atomic E-state index is 13.1. The van der Waals surface area contributed by atoms with Crippen molar-refractivity contribution in [2.45, 2.75) is 45.4 Å². The number of rotatable bonds is 0. The largest absolute Gasteiger partial charge is 0.372 e. The molecule has 2 aromatic rings. The summed E-state index contributed by atoms with van der Waals surface area (Å²) in [5, 5.41) is 8.75. The molecule has 29 heavy (non-hydrogen) atoms. The van der Waals surface area contributed by atoms with Crippen LogP contribution in [0.2, 0.25) is 5.02 Å². The summed E-state index contributed by atoms with van der Waals surface area (Å²) in [5.41, 5.74) is 0.880. The van der Waals surface area contributed by atoms with Crippen LogP contribution in [-0.4, -0.2) is 52.8 Å². The zero-order valence-electron chi connectivity index (χ0n) is 15.9. The summed E-state index contributed by atoms with van der Waals surface area (Å²) in [6.07, 6.45) is -0.694. The summed E-state index contributed by atoms with van der Waals surface area (Å²) >= 11 is 6.70. The number of aryl methyl sites for hydroxylation is 1. The molecule has 2 fully saturated rings. The van der Waals surface area contributed by atoms with Crippen LogP contribution in [0.25, 0.3) is 11.1 Å². The van der Waals surface area contributed by atoms with Gasteiger partial charge in [0.1, 0.15) is 16.2 Å². The van der Waals surface area contributed by atoms with E-state index in [-0.39, 0.29) is 12.5 Å². The number of hydrogen-bond donors (Lipinski definition) is 2. The number of nitrogens with one attached hydrogen (secondary N) is 2. The number of halogens is 1. The fourth-order valence-corrected chi connectivity index (χ4v) is 5.21. The van der Waals surface area contributed by atoms with Crippen LogP contribution < -0.4 is 15.5 Å². The first-order valence-corrected chi connectivity index (χ1v) is 9.65. The Morgan fingerprint density at radius 3 is 2.59 bits per heavy atom. The molecule has 3 aliphatic rings. The van der Waals surface area contributed by atoms with Gasteiger partial charge >= 0.3 is 6.03 Å². The standard InChI is InChI=1S/C18H18ClN5O5/c1-6-5-24-12-9(20-11-7(2)23-29-13(11)10(12)19)4-18(14(24)8(3)28-6)15(25)21-17(27)22-16(18)26/h6,8,14H,4-5H2,1-3H3,(H2,21,22,25,26,27)/t6-,8+,14-/m0/s1. The van der Waals surface area contributed by atoms with Crippen molar-refractivity contribution in [2.75, 3.05) is 11.4 Å². The number of nitrogens with zero attached hydrogens (tertiary/aromatic N) is 3. The second-order valence-corrected chi connectivity index (χ2v) is 8.18. The number of hydrogen-bond acceptors (Lipinski definition) is 8. The van der Waals surface area contributed by atoms with Gasteiger partial charge in [0, 0.05) is 13.0 Å². The second-order valence-electron chi connectivity index (χ2n) is 7.80. The van der Waals surface area contributed by atoms with E-state index in [9.17, 15) is 14.4 Å². The van der Waals surface area contributed by atoms with Crippen molar-refractivity contribution < 1.29 is 23.6 Å². The molecule has 3 atom stereocenters. The molecule has 10 nitrogen and oxygen atoms in total. The Labute approximate surface area is 169 Å². The average molecular weight is 420 g/mol. The van der Waals surface area contributed by atoms with E-state index in [0.29, 0.717) is 39.7 Å². The van der Waals surface area contributed by atoms with Gasteiger partial charge in [0.2, 0.25) is 17.4 Å². The van der Waals surface area contributed by atoms with E-state index in [1.54, 1.807) is 13.8 Å². The summed E-state index contributed by atoms with van der Waals surface area (Å²) in [6.45, 7) is 5.82. The zero-order valence-corrected chi connectivity index (χ0v) is 16.7. The summed E-state index contributed by atoms with van der Waals surface area (Å²) in [5.74, 6) is -1.34. The highest BCUT2D eigenvalue weighted by Crippen LogP contribution is 2.50. The number of carbonyl (C=O) groups excluding carboxylic acids is 3. The number of urea groups is 1. The van der Waals surface area contributed by atoms with E-state index in [0.717, 1.165) is 0 Å². The molecule has 0 radical (unpaired) electrons. The summed E-state index contributed by atoms with van der Waals surface area (Å²) in [7, 11) is 0. The molecule has 1 spiro atoms. The molecule has 11 heteroatoms. The highest BCUT2D eigenvalue weighted by Gasteiger charge is 2.63. The Hall–Kier alpha value is -2.72. The van der Waals surface area contributed by atoms with E-state index in [1.807, 2.05) is 11.8 Å². The molecule has 3 aliphatic heterocycles. The molecule has 0 aromatic carbocycles. The van der Waals surface area contributed by atoms with Crippen LogP contribution >= 0.6 is 11.6 Å². The number of barbiturate groups is 1. The lowest BCUT2D eigenvalue weighted by molar-refractivity contribution is -0.153. The monoisotopic (exact) mass is 419 g/mol. The van der Waals surface area contributed by atoms with Gasteiger partial charge in [0.25, 0.3) is 0 Å². The zero-order chi connectivity index (χ0) is 20.7. The number of anilines is 1. The average Bonchev–Trinajstić information content (AvgIpc) is 3.00. The van der Waals surface area contributed by atoms with E-state index < -0.39 is 35.4 Å². The molecule has 2 N–H and O–H groups in total. The smallest absolute Gasteiger partial charge is 0.328 e.